The summed E-state index contributed by atoms with van der Waals surface area (Å²) in [5, 5.41) is 36.9. The molecular formula is C6H13O9P. The van der Waals surface area contributed by atoms with Gasteiger partial charge in [-0.1, -0.05) is 0 Å². The Morgan fingerprint density at radius 2 is 1.94 bits per heavy atom. The Morgan fingerprint density at radius 1 is 1.38 bits per heavy atom. The molecule has 0 radical (unpaired) electrons. The molecule has 4 atom stereocenters. The minimum atomic E-state index is -4.83. The molecule has 0 spiro atoms. The average Bonchev–Trinajstić information content (AvgIpc) is 2.40. The van der Waals surface area contributed by atoms with Crippen molar-refractivity contribution in [2.75, 3.05) is 13.2 Å². The highest BCUT2D eigenvalue weighted by atomic mass is 31.2. The van der Waals surface area contributed by atoms with Crippen LogP contribution in [0.4, 0.5) is 0 Å². The normalized spacial score (nSPS) is 40.2. The zero-order valence-corrected chi connectivity index (χ0v) is 8.90. The molecule has 0 bridgehead atoms. The Hall–Kier alpha value is -0.0900. The van der Waals surface area contributed by atoms with Gasteiger partial charge in [0.25, 0.3) is 0 Å². The fraction of sp³-hybridized carbons (Fsp3) is 1.00. The molecule has 1 heterocycles. The molecule has 0 saturated carbocycles. The summed E-state index contributed by atoms with van der Waals surface area (Å²) in [5.74, 6) is -2.46. The maximum absolute atomic E-state index is 10.4. The third-order valence-corrected chi connectivity index (χ3v) is 2.61. The van der Waals surface area contributed by atoms with Crippen LogP contribution in [0, 0.1) is 0 Å². The van der Waals surface area contributed by atoms with Gasteiger partial charge in [0.2, 0.25) is 5.79 Å². The first-order chi connectivity index (χ1) is 7.19. The first-order valence-electron chi connectivity index (χ1n) is 4.27. The fourth-order valence-corrected chi connectivity index (χ4v) is 1.67. The molecule has 1 rings (SSSR count). The lowest BCUT2D eigenvalue weighted by Gasteiger charge is -2.25. The van der Waals surface area contributed by atoms with Crippen LogP contribution in [0.2, 0.25) is 0 Å². The predicted octanol–water partition coefficient (Wildman–Crippen LogP) is -3.10. The lowest BCUT2D eigenvalue weighted by molar-refractivity contribution is -0.245. The van der Waals surface area contributed by atoms with Crippen molar-refractivity contribution in [3.63, 3.8) is 0 Å². The summed E-state index contributed by atoms with van der Waals surface area (Å²) in [4.78, 5) is 16.8. The molecule has 1 aliphatic heterocycles. The van der Waals surface area contributed by atoms with E-state index in [1.54, 1.807) is 0 Å². The summed E-state index contributed by atoms with van der Waals surface area (Å²) < 4.78 is 19.0. The van der Waals surface area contributed by atoms with Crippen LogP contribution in [0.3, 0.4) is 0 Å². The van der Waals surface area contributed by atoms with Gasteiger partial charge in [0.15, 0.2) is 0 Å². The first-order valence-corrected chi connectivity index (χ1v) is 5.80. The molecule has 96 valence electrons. The van der Waals surface area contributed by atoms with E-state index in [1.807, 2.05) is 0 Å². The van der Waals surface area contributed by atoms with Gasteiger partial charge < -0.3 is 34.9 Å². The summed E-state index contributed by atoms with van der Waals surface area (Å²) in [7, 11) is -4.83. The molecule has 10 heteroatoms. The van der Waals surface area contributed by atoms with E-state index >= 15 is 0 Å². The number of phosphoric acid groups is 1. The van der Waals surface area contributed by atoms with E-state index in [4.69, 9.17) is 14.9 Å². The van der Waals surface area contributed by atoms with E-state index in [2.05, 4.69) is 9.26 Å². The first kappa shape index (κ1) is 14.0. The number of aliphatic hydroxyl groups excluding tert-OH is 3. The second kappa shape index (κ2) is 4.65. The quantitative estimate of drug-likeness (QED) is 0.288. The molecule has 0 amide bonds. The van der Waals surface area contributed by atoms with E-state index in [-0.39, 0.29) is 0 Å². The van der Waals surface area contributed by atoms with Gasteiger partial charge in [0.1, 0.15) is 24.9 Å². The standard InChI is InChI=1S/C6H13O9P/c7-1-3-4(8)5(9)6(10,15-3)2-14-16(11,12)13/h3-5,7-10H,1-2H2,(H2,11,12,13)/t3-,4+,5-,6-/m0/s1. The molecule has 9 nitrogen and oxygen atoms in total. The third-order valence-electron chi connectivity index (χ3n) is 2.14. The highest BCUT2D eigenvalue weighted by Crippen LogP contribution is 2.39. The van der Waals surface area contributed by atoms with Crippen LogP contribution in [-0.4, -0.2) is 67.5 Å². The van der Waals surface area contributed by atoms with Crippen molar-refractivity contribution in [2.24, 2.45) is 0 Å². The van der Waals surface area contributed by atoms with Crippen LogP contribution in [-0.2, 0) is 13.8 Å². The summed E-state index contributed by atoms with van der Waals surface area (Å²) >= 11 is 0. The van der Waals surface area contributed by atoms with Crippen molar-refractivity contribution in [3.8, 4) is 0 Å². The molecule has 0 aromatic rings. The number of ether oxygens (including phenoxy) is 1. The van der Waals surface area contributed by atoms with E-state index in [9.17, 15) is 19.9 Å². The van der Waals surface area contributed by atoms with Crippen LogP contribution in [0.15, 0.2) is 0 Å². The van der Waals surface area contributed by atoms with Gasteiger partial charge in [-0.3, -0.25) is 4.52 Å². The summed E-state index contributed by atoms with van der Waals surface area (Å²) in [6, 6.07) is 0. The van der Waals surface area contributed by atoms with E-state index < -0.39 is 45.1 Å². The predicted molar refractivity (Wildman–Crippen MR) is 46.9 cm³/mol. The molecule has 16 heavy (non-hydrogen) atoms. The molecule has 0 aliphatic carbocycles. The maximum atomic E-state index is 10.4. The summed E-state index contributed by atoms with van der Waals surface area (Å²) in [6.45, 7) is -1.71. The number of aliphatic hydroxyl groups is 4. The van der Waals surface area contributed by atoms with Crippen molar-refractivity contribution in [1.29, 1.82) is 0 Å². The highest BCUT2D eigenvalue weighted by Gasteiger charge is 2.54. The lowest BCUT2D eigenvalue weighted by Crippen LogP contribution is -2.46. The lowest BCUT2D eigenvalue weighted by atomic mass is 10.1. The Morgan fingerprint density at radius 3 is 2.31 bits per heavy atom. The average molecular weight is 260 g/mol. The number of rotatable bonds is 4. The number of phosphoric ester groups is 1. The van der Waals surface area contributed by atoms with Gasteiger partial charge in [0.05, 0.1) is 6.61 Å². The number of hydrogen-bond donors (Lipinski definition) is 6. The SMILES string of the molecule is O=P(O)(O)OC[C@]1(O)O[C@@H](CO)[C@@H](O)[C@@H]1O. The molecule has 0 unspecified atom stereocenters. The molecular weight excluding hydrogens is 247 g/mol. The molecule has 1 fully saturated rings. The topological polar surface area (TPSA) is 157 Å². The van der Waals surface area contributed by atoms with Crippen LogP contribution in [0.25, 0.3) is 0 Å². The Bertz CT molecular complexity index is 290. The van der Waals surface area contributed by atoms with Gasteiger partial charge in [-0.2, -0.15) is 0 Å². The third kappa shape index (κ3) is 2.98. The van der Waals surface area contributed by atoms with Crippen LogP contribution < -0.4 is 0 Å². The number of hydrogen-bond acceptors (Lipinski definition) is 7. The van der Waals surface area contributed by atoms with Gasteiger partial charge in [-0.05, 0) is 0 Å². The van der Waals surface area contributed by atoms with Crippen LogP contribution in [0.5, 0.6) is 0 Å². The van der Waals surface area contributed by atoms with Crippen molar-refractivity contribution < 1.29 is 44.0 Å². The van der Waals surface area contributed by atoms with E-state index in [0.717, 1.165) is 0 Å². The van der Waals surface area contributed by atoms with E-state index in [0.29, 0.717) is 0 Å². The minimum Gasteiger partial charge on any atom is -0.394 e. The Labute approximate surface area is 90.1 Å². The fourth-order valence-electron chi connectivity index (χ4n) is 1.31. The van der Waals surface area contributed by atoms with Gasteiger partial charge >= 0.3 is 7.82 Å². The van der Waals surface area contributed by atoms with Crippen molar-refractivity contribution in [3.05, 3.63) is 0 Å². The second-order valence-corrected chi connectivity index (χ2v) is 4.62. The van der Waals surface area contributed by atoms with E-state index in [1.165, 1.54) is 0 Å². The molecule has 0 aromatic heterocycles. The molecule has 1 saturated heterocycles. The highest BCUT2D eigenvalue weighted by molar-refractivity contribution is 7.46. The zero-order valence-electron chi connectivity index (χ0n) is 8.00. The van der Waals surface area contributed by atoms with Gasteiger partial charge in [-0.15, -0.1) is 0 Å². The van der Waals surface area contributed by atoms with Gasteiger partial charge in [-0.25, -0.2) is 4.57 Å². The largest absolute Gasteiger partial charge is 0.469 e. The van der Waals surface area contributed by atoms with Gasteiger partial charge in [0, 0.05) is 0 Å². The summed E-state index contributed by atoms with van der Waals surface area (Å²) in [5.41, 5.74) is 0. The van der Waals surface area contributed by atoms with Crippen molar-refractivity contribution in [1.82, 2.24) is 0 Å². The Kier molecular flexibility index (Phi) is 4.06. The Balaban J connectivity index is 2.67. The second-order valence-electron chi connectivity index (χ2n) is 3.38. The smallest absolute Gasteiger partial charge is 0.394 e. The molecule has 6 N–H and O–H groups in total. The van der Waals surface area contributed by atoms with Crippen LogP contribution >= 0.6 is 7.82 Å². The minimum absolute atomic E-state index is 0.670. The molecule has 1 aliphatic rings. The maximum Gasteiger partial charge on any atom is 0.469 e. The van der Waals surface area contributed by atoms with Crippen LogP contribution in [0.1, 0.15) is 0 Å². The molecule has 0 aromatic carbocycles. The van der Waals surface area contributed by atoms with Crippen molar-refractivity contribution >= 4 is 7.82 Å². The zero-order chi connectivity index (χ0) is 12.6. The monoisotopic (exact) mass is 260 g/mol. The van der Waals surface area contributed by atoms with Crippen molar-refractivity contribution in [2.45, 2.75) is 24.1 Å². The summed E-state index contributed by atoms with van der Waals surface area (Å²) in [6.07, 6.45) is -4.66.